The molecule has 1 fully saturated rings. The third kappa shape index (κ3) is 3.24. The first-order valence-corrected chi connectivity index (χ1v) is 9.36. The molecular formula is C20H19N7O. The van der Waals surface area contributed by atoms with Gasteiger partial charge in [0.25, 0.3) is 0 Å². The molecule has 0 atom stereocenters. The van der Waals surface area contributed by atoms with Crippen LogP contribution in [-0.2, 0) is 11.3 Å². The van der Waals surface area contributed by atoms with Gasteiger partial charge in [-0.25, -0.2) is 9.67 Å². The number of amides is 1. The lowest BCUT2D eigenvalue weighted by molar-refractivity contribution is -0.116. The van der Waals surface area contributed by atoms with Crippen LogP contribution in [-0.4, -0.2) is 35.7 Å². The van der Waals surface area contributed by atoms with Crippen molar-refractivity contribution < 1.29 is 4.79 Å². The van der Waals surface area contributed by atoms with Crippen molar-refractivity contribution in [2.75, 3.05) is 5.32 Å². The highest BCUT2D eigenvalue weighted by Gasteiger charge is 2.28. The van der Waals surface area contributed by atoms with Gasteiger partial charge in [0, 0.05) is 24.2 Å². The van der Waals surface area contributed by atoms with Gasteiger partial charge < -0.3 is 9.88 Å². The third-order valence-corrected chi connectivity index (χ3v) is 4.90. The van der Waals surface area contributed by atoms with Crippen molar-refractivity contribution in [1.29, 1.82) is 0 Å². The van der Waals surface area contributed by atoms with Gasteiger partial charge >= 0.3 is 0 Å². The summed E-state index contributed by atoms with van der Waals surface area (Å²) < 4.78 is 3.86. The molecule has 1 saturated carbocycles. The van der Waals surface area contributed by atoms with Gasteiger partial charge in [0.2, 0.25) is 5.91 Å². The Morgan fingerprint density at radius 1 is 1.14 bits per heavy atom. The molecule has 1 aliphatic rings. The molecule has 8 nitrogen and oxygen atoms in total. The molecule has 140 valence electrons. The number of fused-ring (bicyclic) bond motifs is 1. The van der Waals surface area contributed by atoms with Crippen molar-refractivity contribution in [1.82, 2.24) is 29.8 Å². The predicted octanol–water partition coefficient (Wildman–Crippen LogP) is 3.05. The van der Waals surface area contributed by atoms with E-state index in [2.05, 4.69) is 25.8 Å². The van der Waals surface area contributed by atoms with Crippen LogP contribution in [0.2, 0.25) is 0 Å². The van der Waals surface area contributed by atoms with Crippen LogP contribution >= 0.6 is 0 Å². The Balaban J connectivity index is 1.27. The van der Waals surface area contributed by atoms with Gasteiger partial charge in [-0.3, -0.25) is 4.79 Å². The summed E-state index contributed by atoms with van der Waals surface area (Å²) in [6.07, 6.45) is 4.36. The van der Waals surface area contributed by atoms with Gasteiger partial charge in [-0.2, -0.15) is 0 Å². The Labute approximate surface area is 161 Å². The lowest BCUT2D eigenvalue weighted by Crippen LogP contribution is -2.14. The number of nitrogens with zero attached hydrogens (tertiary/aromatic N) is 6. The van der Waals surface area contributed by atoms with Crippen molar-refractivity contribution in [3.05, 3.63) is 54.9 Å². The second-order valence-corrected chi connectivity index (χ2v) is 6.98. The van der Waals surface area contributed by atoms with E-state index >= 15 is 0 Å². The number of imidazole rings is 1. The molecule has 0 unspecified atom stereocenters. The Hall–Kier alpha value is -3.55. The van der Waals surface area contributed by atoms with E-state index in [0.717, 1.165) is 41.0 Å². The maximum absolute atomic E-state index is 12.4. The molecule has 1 amide bonds. The van der Waals surface area contributed by atoms with Crippen LogP contribution in [0.15, 0.2) is 54.9 Å². The molecule has 2 aromatic heterocycles. The Bertz CT molecular complexity index is 1140. The summed E-state index contributed by atoms with van der Waals surface area (Å²) in [7, 11) is 0. The lowest BCUT2D eigenvalue weighted by atomic mass is 10.2. The first-order valence-electron chi connectivity index (χ1n) is 9.36. The SMILES string of the molecule is O=C(CCn1cnc2ccccc21)Nc1cccc(-c2nnnn2C2CC2)c1. The molecule has 0 aliphatic heterocycles. The zero-order chi connectivity index (χ0) is 18.9. The molecule has 0 spiro atoms. The second kappa shape index (κ2) is 6.88. The number of para-hydroxylation sites is 2. The highest BCUT2D eigenvalue weighted by Crippen LogP contribution is 2.36. The van der Waals surface area contributed by atoms with Gasteiger partial charge in [0.15, 0.2) is 5.82 Å². The number of carbonyl (C=O) groups excluding carboxylic acids is 1. The molecule has 4 aromatic rings. The van der Waals surface area contributed by atoms with Crippen molar-refractivity contribution in [3.8, 4) is 11.4 Å². The number of carbonyl (C=O) groups is 1. The standard InChI is InChI=1S/C20H19N7O/c28-19(10-11-26-13-21-17-6-1-2-7-18(17)26)22-15-5-3-4-14(12-15)20-23-24-25-27(20)16-8-9-16/h1-7,12-13,16H,8-11H2,(H,22,28). The third-order valence-electron chi connectivity index (χ3n) is 4.90. The number of hydrogen-bond donors (Lipinski definition) is 1. The van der Waals surface area contributed by atoms with Gasteiger partial charge in [-0.15, -0.1) is 5.10 Å². The highest BCUT2D eigenvalue weighted by molar-refractivity contribution is 5.91. The van der Waals surface area contributed by atoms with Gasteiger partial charge in [-0.1, -0.05) is 24.3 Å². The number of benzene rings is 2. The summed E-state index contributed by atoms with van der Waals surface area (Å²) in [5, 5.41) is 15.0. The van der Waals surface area contributed by atoms with Crippen molar-refractivity contribution in [2.24, 2.45) is 0 Å². The number of nitrogens with one attached hydrogen (secondary N) is 1. The first kappa shape index (κ1) is 16.6. The second-order valence-electron chi connectivity index (χ2n) is 6.98. The summed E-state index contributed by atoms with van der Waals surface area (Å²) in [5.74, 6) is 0.695. The fourth-order valence-electron chi connectivity index (χ4n) is 3.32. The van der Waals surface area contributed by atoms with E-state index in [-0.39, 0.29) is 5.91 Å². The summed E-state index contributed by atoms with van der Waals surface area (Å²) in [6, 6.07) is 15.9. The zero-order valence-corrected chi connectivity index (χ0v) is 15.2. The molecule has 1 aliphatic carbocycles. The van der Waals surface area contributed by atoms with Crippen LogP contribution in [0, 0.1) is 0 Å². The van der Waals surface area contributed by atoms with Crippen LogP contribution in [0.5, 0.6) is 0 Å². The average Bonchev–Trinajstić information content (AvgIpc) is 3.29. The predicted molar refractivity (Wildman–Crippen MR) is 105 cm³/mol. The summed E-state index contributed by atoms with van der Waals surface area (Å²) in [6.45, 7) is 0.575. The molecule has 2 aromatic carbocycles. The number of tetrazole rings is 1. The monoisotopic (exact) mass is 373 g/mol. The summed E-state index contributed by atoms with van der Waals surface area (Å²) in [4.78, 5) is 16.8. The minimum atomic E-state index is -0.0447. The molecule has 2 heterocycles. The molecule has 8 heteroatoms. The van der Waals surface area contributed by atoms with E-state index in [4.69, 9.17) is 0 Å². The van der Waals surface area contributed by atoms with Crippen molar-refractivity contribution in [2.45, 2.75) is 31.8 Å². The normalized spacial score (nSPS) is 13.7. The number of anilines is 1. The minimum Gasteiger partial charge on any atom is -0.330 e. The fourth-order valence-corrected chi connectivity index (χ4v) is 3.32. The van der Waals surface area contributed by atoms with Gasteiger partial charge in [-0.05, 0) is 47.5 Å². The van der Waals surface area contributed by atoms with Crippen molar-refractivity contribution >= 4 is 22.6 Å². The molecule has 5 rings (SSSR count). The Morgan fingerprint density at radius 3 is 2.93 bits per heavy atom. The molecule has 0 radical (unpaired) electrons. The minimum absolute atomic E-state index is 0.0447. The summed E-state index contributed by atoms with van der Waals surface area (Å²) >= 11 is 0. The van der Waals surface area contributed by atoms with Crippen LogP contribution < -0.4 is 5.32 Å². The average molecular weight is 373 g/mol. The van der Waals surface area contributed by atoms with Crippen LogP contribution in [0.1, 0.15) is 25.3 Å². The fraction of sp³-hybridized carbons (Fsp3) is 0.250. The molecule has 28 heavy (non-hydrogen) atoms. The Kier molecular flexibility index (Phi) is 4.08. The van der Waals surface area contributed by atoms with Crippen LogP contribution in [0.3, 0.4) is 0 Å². The topological polar surface area (TPSA) is 90.5 Å². The largest absolute Gasteiger partial charge is 0.330 e. The van der Waals surface area contributed by atoms with E-state index in [1.54, 1.807) is 6.33 Å². The van der Waals surface area contributed by atoms with E-state index in [1.165, 1.54) is 0 Å². The molecule has 0 bridgehead atoms. The van der Waals surface area contributed by atoms with E-state index < -0.39 is 0 Å². The van der Waals surface area contributed by atoms with E-state index in [1.807, 2.05) is 57.8 Å². The van der Waals surface area contributed by atoms with E-state index in [0.29, 0.717) is 19.0 Å². The quantitative estimate of drug-likeness (QED) is 0.561. The van der Waals surface area contributed by atoms with Crippen LogP contribution in [0.4, 0.5) is 5.69 Å². The van der Waals surface area contributed by atoms with Crippen molar-refractivity contribution in [3.63, 3.8) is 0 Å². The number of aryl methyl sites for hydroxylation is 1. The highest BCUT2D eigenvalue weighted by atomic mass is 16.1. The zero-order valence-electron chi connectivity index (χ0n) is 15.2. The maximum Gasteiger partial charge on any atom is 0.226 e. The lowest BCUT2D eigenvalue weighted by Gasteiger charge is -2.08. The maximum atomic E-state index is 12.4. The van der Waals surface area contributed by atoms with E-state index in [9.17, 15) is 4.79 Å². The number of aromatic nitrogens is 6. The molecule has 1 N–H and O–H groups in total. The van der Waals surface area contributed by atoms with Gasteiger partial charge in [0.1, 0.15) is 0 Å². The molecule has 0 saturated heterocycles. The number of hydrogen-bond acceptors (Lipinski definition) is 5. The first-order chi connectivity index (χ1) is 13.8. The van der Waals surface area contributed by atoms with Gasteiger partial charge in [0.05, 0.1) is 23.4 Å². The summed E-state index contributed by atoms with van der Waals surface area (Å²) in [5.41, 5.74) is 3.60. The smallest absolute Gasteiger partial charge is 0.226 e. The van der Waals surface area contributed by atoms with Crippen LogP contribution in [0.25, 0.3) is 22.4 Å². The Morgan fingerprint density at radius 2 is 2.04 bits per heavy atom. The molecular weight excluding hydrogens is 354 g/mol. The number of rotatable bonds is 6.